The second kappa shape index (κ2) is 13.5. The van der Waals surface area contributed by atoms with Crippen LogP contribution in [0.3, 0.4) is 0 Å². The van der Waals surface area contributed by atoms with E-state index in [1.54, 1.807) is 23.1 Å². The quantitative estimate of drug-likeness (QED) is 0.245. The number of carbonyl (C=O) groups is 2. The lowest BCUT2D eigenvalue weighted by Crippen LogP contribution is -2.34. The smallest absolute Gasteiger partial charge is 0.248 e. The molecule has 1 N–H and O–H groups in total. The number of fused-ring (bicyclic) bond motifs is 1. The largest absolute Gasteiger partial charge is 0.493 e. The lowest BCUT2D eigenvalue weighted by Gasteiger charge is -2.23. The van der Waals surface area contributed by atoms with Crippen molar-refractivity contribution in [1.82, 2.24) is 5.43 Å². The molecule has 0 saturated heterocycles. The Hall–Kier alpha value is -3.89. The molecule has 208 valence electrons. The summed E-state index contributed by atoms with van der Waals surface area (Å²) >= 11 is 10.00. The normalized spacial score (nSPS) is 13.0. The minimum Gasteiger partial charge on any atom is -0.493 e. The second-order valence-electron chi connectivity index (χ2n) is 8.71. The van der Waals surface area contributed by atoms with Crippen LogP contribution in [0, 0.1) is 0 Å². The van der Waals surface area contributed by atoms with Crippen LogP contribution in [0.15, 0.2) is 69.2 Å². The van der Waals surface area contributed by atoms with Crippen LogP contribution < -0.4 is 24.5 Å². The topological polar surface area (TPSA) is 102 Å². The molecule has 0 atom stereocenters. The van der Waals surface area contributed by atoms with Gasteiger partial charge in [-0.2, -0.15) is 5.10 Å². The molecule has 0 fully saturated rings. The van der Waals surface area contributed by atoms with Gasteiger partial charge in [0.25, 0.3) is 0 Å². The summed E-state index contributed by atoms with van der Waals surface area (Å²) in [4.78, 5) is 31.9. The maximum atomic E-state index is 13.1. The Morgan fingerprint density at radius 2 is 1.80 bits per heavy atom. The van der Waals surface area contributed by atoms with Gasteiger partial charge in [-0.25, -0.2) is 5.43 Å². The van der Waals surface area contributed by atoms with Crippen molar-refractivity contribution in [3.05, 3.63) is 80.8 Å². The standard InChI is InChI=1S/C29H28BrClN4O5/c1-38-24-13-18(14-25(39-2)29(24)40-3)16-33-34-26(36)9-6-12-35-23-11-10-19(30)15-21(23)28(32-17-27(35)37)20-7-4-5-8-22(20)31/h4-5,7-8,10-11,13-16H,6,9,12,17H2,1-3H3,(H,34,36)/b33-16+. The maximum Gasteiger partial charge on any atom is 0.248 e. The zero-order chi connectivity index (χ0) is 28.6. The fourth-order valence-electron chi connectivity index (χ4n) is 4.32. The van der Waals surface area contributed by atoms with Crippen LogP contribution in [0.1, 0.15) is 29.5 Å². The van der Waals surface area contributed by atoms with Gasteiger partial charge in [-0.05, 0) is 42.8 Å². The van der Waals surface area contributed by atoms with Crippen molar-refractivity contribution >= 4 is 57.0 Å². The van der Waals surface area contributed by atoms with E-state index in [2.05, 4.69) is 31.4 Å². The van der Waals surface area contributed by atoms with Gasteiger partial charge in [-0.15, -0.1) is 0 Å². The van der Waals surface area contributed by atoms with Gasteiger partial charge >= 0.3 is 0 Å². The summed E-state index contributed by atoms with van der Waals surface area (Å²) in [6.45, 7) is 0.306. The first kappa shape index (κ1) is 29.1. The molecule has 11 heteroatoms. The molecule has 0 saturated carbocycles. The van der Waals surface area contributed by atoms with E-state index in [1.807, 2.05) is 36.4 Å². The van der Waals surface area contributed by atoms with E-state index in [9.17, 15) is 9.59 Å². The van der Waals surface area contributed by atoms with Crippen LogP contribution in [-0.2, 0) is 9.59 Å². The summed E-state index contributed by atoms with van der Waals surface area (Å²) in [7, 11) is 4.57. The molecule has 1 aliphatic rings. The monoisotopic (exact) mass is 626 g/mol. The number of hydrogen-bond acceptors (Lipinski definition) is 7. The number of carbonyl (C=O) groups excluding carboxylic acids is 2. The van der Waals surface area contributed by atoms with Gasteiger partial charge < -0.3 is 19.1 Å². The number of nitrogens with one attached hydrogen (secondary N) is 1. The number of benzene rings is 3. The Kier molecular flexibility index (Phi) is 9.79. The number of hydrogen-bond donors (Lipinski definition) is 1. The molecule has 0 bridgehead atoms. The molecule has 0 radical (unpaired) electrons. The van der Waals surface area contributed by atoms with Crippen molar-refractivity contribution in [3.8, 4) is 17.2 Å². The fraction of sp³-hybridized carbons (Fsp3) is 0.241. The number of methoxy groups -OCH3 is 3. The number of aliphatic imine (C=N–C) groups is 1. The van der Waals surface area contributed by atoms with Crippen LogP contribution in [0.5, 0.6) is 17.2 Å². The van der Waals surface area contributed by atoms with Gasteiger partial charge in [-0.3, -0.25) is 14.6 Å². The molecule has 40 heavy (non-hydrogen) atoms. The Bertz CT molecular complexity index is 1450. The van der Waals surface area contributed by atoms with Crippen molar-refractivity contribution < 1.29 is 23.8 Å². The Morgan fingerprint density at radius 3 is 2.48 bits per heavy atom. The highest BCUT2D eigenvalue weighted by Crippen LogP contribution is 2.37. The van der Waals surface area contributed by atoms with E-state index in [-0.39, 0.29) is 24.8 Å². The lowest BCUT2D eigenvalue weighted by atomic mass is 10.00. The molecule has 0 aromatic heterocycles. The first-order valence-corrected chi connectivity index (χ1v) is 13.5. The molecule has 3 aromatic carbocycles. The number of benzodiazepines with no additional fused rings is 1. The Labute approximate surface area is 245 Å². The van der Waals surface area contributed by atoms with E-state index in [4.69, 9.17) is 25.8 Å². The van der Waals surface area contributed by atoms with Crippen molar-refractivity contribution in [2.24, 2.45) is 10.1 Å². The zero-order valence-electron chi connectivity index (χ0n) is 22.2. The van der Waals surface area contributed by atoms with Gasteiger partial charge in [-0.1, -0.05) is 45.7 Å². The summed E-state index contributed by atoms with van der Waals surface area (Å²) in [6, 6.07) is 16.5. The second-order valence-corrected chi connectivity index (χ2v) is 10.0. The summed E-state index contributed by atoms with van der Waals surface area (Å²) in [6.07, 6.45) is 2.08. The molecule has 1 heterocycles. The van der Waals surface area contributed by atoms with E-state index < -0.39 is 0 Å². The van der Waals surface area contributed by atoms with Crippen LogP contribution in [0.2, 0.25) is 5.02 Å². The van der Waals surface area contributed by atoms with Crippen molar-refractivity contribution in [2.75, 3.05) is 39.3 Å². The average Bonchev–Trinajstić information content (AvgIpc) is 3.08. The van der Waals surface area contributed by atoms with Crippen molar-refractivity contribution in [2.45, 2.75) is 12.8 Å². The SMILES string of the molecule is COc1cc(/C=N/NC(=O)CCCN2C(=O)CN=C(c3ccccc3Cl)c3cc(Br)ccc32)cc(OC)c1OC. The van der Waals surface area contributed by atoms with Gasteiger partial charge in [0.15, 0.2) is 11.5 Å². The molecular weight excluding hydrogens is 600 g/mol. The van der Waals surface area contributed by atoms with Crippen LogP contribution >= 0.6 is 27.5 Å². The highest BCUT2D eigenvalue weighted by Gasteiger charge is 2.26. The molecule has 1 aliphatic heterocycles. The van der Waals surface area contributed by atoms with Crippen molar-refractivity contribution in [1.29, 1.82) is 0 Å². The van der Waals surface area contributed by atoms with E-state index in [1.165, 1.54) is 27.5 Å². The van der Waals surface area contributed by atoms with E-state index >= 15 is 0 Å². The van der Waals surface area contributed by atoms with E-state index in [0.717, 1.165) is 15.6 Å². The Balaban J connectivity index is 1.42. The van der Waals surface area contributed by atoms with Crippen molar-refractivity contribution in [3.63, 3.8) is 0 Å². The summed E-state index contributed by atoms with van der Waals surface area (Å²) in [5.41, 5.74) is 6.08. The van der Waals surface area contributed by atoms with E-state index in [0.29, 0.717) is 52.2 Å². The minimum atomic E-state index is -0.282. The third-order valence-electron chi connectivity index (χ3n) is 6.18. The summed E-state index contributed by atoms with van der Waals surface area (Å²) in [5.74, 6) is 0.977. The van der Waals surface area contributed by atoms with Crippen LogP contribution in [-0.4, -0.2) is 58.2 Å². The van der Waals surface area contributed by atoms with Gasteiger partial charge in [0.2, 0.25) is 17.6 Å². The van der Waals surface area contributed by atoms with Crippen LogP contribution in [0.4, 0.5) is 5.69 Å². The number of amides is 2. The van der Waals surface area contributed by atoms with Crippen LogP contribution in [0.25, 0.3) is 0 Å². The molecular formula is C29H28BrClN4O5. The summed E-state index contributed by atoms with van der Waals surface area (Å²) < 4.78 is 16.9. The maximum absolute atomic E-state index is 13.1. The number of nitrogens with zero attached hydrogens (tertiary/aromatic N) is 3. The zero-order valence-corrected chi connectivity index (χ0v) is 24.6. The van der Waals surface area contributed by atoms with Gasteiger partial charge in [0.05, 0.1) is 38.9 Å². The first-order chi connectivity index (χ1) is 19.4. The number of halogens is 2. The molecule has 0 spiro atoms. The average molecular weight is 628 g/mol. The first-order valence-electron chi connectivity index (χ1n) is 12.4. The number of rotatable bonds is 10. The number of ether oxygens (including phenoxy) is 3. The molecule has 9 nitrogen and oxygen atoms in total. The molecule has 2 amide bonds. The minimum absolute atomic E-state index is 0.0296. The predicted octanol–water partition coefficient (Wildman–Crippen LogP) is 5.24. The van der Waals surface area contributed by atoms with Gasteiger partial charge in [0, 0.05) is 39.2 Å². The lowest BCUT2D eigenvalue weighted by molar-refractivity contribution is -0.121. The van der Waals surface area contributed by atoms with Gasteiger partial charge in [0.1, 0.15) is 6.54 Å². The third kappa shape index (κ3) is 6.63. The highest BCUT2D eigenvalue weighted by molar-refractivity contribution is 9.10. The Morgan fingerprint density at radius 1 is 1.07 bits per heavy atom. The fourth-order valence-corrected chi connectivity index (χ4v) is 4.91. The molecule has 4 rings (SSSR count). The number of hydrazone groups is 1. The molecule has 0 aliphatic carbocycles. The third-order valence-corrected chi connectivity index (χ3v) is 7.01. The summed E-state index contributed by atoms with van der Waals surface area (Å²) in [5, 5.41) is 4.60. The predicted molar refractivity (Wildman–Crippen MR) is 160 cm³/mol. The molecule has 3 aromatic rings. The number of anilines is 1. The molecule has 0 unspecified atom stereocenters. The highest BCUT2D eigenvalue weighted by atomic mass is 79.9.